The maximum Gasteiger partial charge on any atom is 0.267 e. The van der Waals surface area contributed by atoms with Crippen molar-refractivity contribution in [2.45, 2.75) is 38.0 Å². The molecule has 0 saturated carbocycles. The third-order valence-electron chi connectivity index (χ3n) is 5.54. The first kappa shape index (κ1) is 20.4. The summed E-state index contributed by atoms with van der Waals surface area (Å²) in [7, 11) is 0. The molecule has 0 aliphatic heterocycles. The van der Waals surface area contributed by atoms with Gasteiger partial charge >= 0.3 is 0 Å². The lowest BCUT2D eigenvalue weighted by molar-refractivity contribution is -0.117. The highest BCUT2D eigenvalue weighted by atomic mass is 35.5. The molecule has 164 valence electrons. The number of nitrogens with one attached hydrogen (secondary N) is 1. The number of nitrogens with zero attached hydrogens (tertiary/aromatic N) is 7. The largest absolute Gasteiger partial charge is 0.324 e. The summed E-state index contributed by atoms with van der Waals surface area (Å²) in [5.74, 6) is -0.983. The fourth-order valence-corrected chi connectivity index (χ4v) is 4.40. The number of carbonyl (C=O) groups is 1. The number of amides is 1. The van der Waals surface area contributed by atoms with Gasteiger partial charge in [-0.25, -0.2) is 23.3 Å². The number of halogens is 3. The summed E-state index contributed by atoms with van der Waals surface area (Å²) in [6, 6.07) is 2.84. The molecular formula is C20H17ClF2N8O. The first-order chi connectivity index (χ1) is 15.2. The van der Waals surface area contributed by atoms with E-state index in [0.717, 1.165) is 16.1 Å². The fraction of sp³-hybridized carbons (Fsp3) is 0.300. The Morgan fingerprint density at radius 3 is 2.69 bits per heavy atom. The summed E-state index contributed by atoms with van der Waals surface area (Å²) in [6.07, 6.45) is 3.35. The van der Waals surface area contributed by atoms with E-state index in [1.54, 1.807) is 16.8 Å². The third-order valence-corrected chi connectivity index (χ3v) is 5.72. The summed E-state index contributed by atoms with van der Waals surface area (Å²) >= 11 is 6.04. The van der Waals surface area contributed by atoms with Gasteiger partial charge in [0, 0.05) is 23.2 Å². The number of anilines is 1. The summed E-state index contributed by atoms with van der Waals surface area (Å²) in [4.78, 5) is 22.6. The van der Waals surface area contributed by atoms with E-state index in [1.165, 1.54) is 24.7 Å². The van der Waals surface area contributed by atoms with Gasteiger partial charge in [0.25, 0.3) is 6.43 Å². The zero-order valence-corrected chi connectivity index (χ0v) is 17.8. The van der Waals surface area contributed by atoms with E-state index >= 15 is 0 Å². The van der Waals surface area contributed by atoms with Gasteiger partial charge in [-0.3, -0.25) is 4.79 Å². The van der Waals surface area contributed by atoms with Crippen molar-refractivity contribution in [3.8, 4) is 5.82 Å². The SMILES string of the molecule is CC1(C)C[C@@H](C(=O)Nc2cnc(-n3nccn3)c(C(F)F)c2)c2cnc3cc(Cl)nn3c21. The second-order valence-electron chi connectivity index (χ2n) is 8.19. The Hall–Kier alpha value is -3.47. The van der Waals surface area contributed by atoms with Crippen molar-refractivity contribution in [3.63, 3.8) is 0 Å². The lowest BCUT2D eigenvalue weighted by Crippen LogP contribution is -2.22. The molecular weight excluding hydrogens is 442 g/mol. The molecule has 1 N–H and O–H groups in total. The van der Waals surface area contributed by atoms with E-state index in [4.69, 9.17) is 11.6 Å². The molecule has 4 aromatic rings. The third kappa shape index (κ3) is 3.29. The molecule has 0 radical (unpaired) electrons. The van der Waals surface area contributed by atoms with Crippen molar-refractivity contribution in [3.05, 3.63) is 58.9 Å². The fourth-order valence-electron chi connectivity index (χ4n) is 4.23. The molecule has 12 heteroatoms. The molecule has 1 aliphatic carbocycles. The number of hydrogen-bond donors (Lipinski definition) is 1. The van der Waals surface area contributed by atoms with Gasteiger partial charge in [0.1, 0.15) is 0 Å². The van der Waals surface area contributed by atoms with Gasteiger partial charge in [-0.15, -0.1) is 4.80 Å². The molecule has 0 bridgehead atoms. The quantitative estimate of drug-likeness (QED) is 0.500. The van der Waals surface area contributed by atoms with Crippen LogP contribution in [0.2, 0.25) is 5.15 Å². The first-order valence-corrected chi connectivity index (χ1v) is 10.1. The summed E-state index contributed by atoms with van der Waals surface area (Å²) in [5, 5.41) is 15.0. The van der Waals surface area contributed by atoms with Crippen LogP contribution in [0.15, 0.2) is 36.9 Å². The van der Waals surface area contributed by atoms with Crippen LogP contribution in [0.25, 0.3) is 11.5 Å². The maximum atomic E-state index is 13.6. The number of hydrogen-bond acceptors (Lipinski definition) is 6. The number of aromatic nitrogens is 7. The highest BCUT2D eigenvalue weighted by molar-refractivity contribution is 6.29. The molecule has 0 spiro atoms. The van der Waals surface area contributed by atoms with Crippen LogP contribution in [-0.2, 0) is 10.2 Å². The average molecular weight is 459 g/mol. The van der Waals surface area contributed by atoms with Crippen LogP contribution in [0, 0.1) is 0 Å². The molecule has 4 aromatic heterocycles. The van der Waals surface area contributed by atoms with Gasteiger partial charge in [-0.2, -0.15) is 15.3 Å². The smallest absolute Gasteiger partial charge is 0.267 e. The molecule has 1 amide bonds. The van der Waals surface area contributed by atoms with Gasteiger partial charge in [-0.1, -0.05) is 25.4 Å². The van der Waals surface area contributed by atoms with Crippen molar-refractivity contribution >= 4 is 28.8 Å². The van der Waals surface area contributed by atoms with Crippen LogP contribution >= 0.6 is 11.6 Å². The number of carbonyl (C=O) groups excluding carboxylic acids is 1. The number of fused-ring (bicyclic) bond motifs is 3. The van der Waals surface area contributed by atoms with Crippen molar-refractivity contribution in [2.75, 3.05) is 5.32 Å². The van der Waals surface area contributed by atoms with Crippen LogP contribution in [0.3, 0.4) is 0 Å². The van der Waals surface area contributed by atoms with Crippen LogP contribution in [0.5, 0.6) is 0 Å². The Morgan fingerprint density at radius 2 is 1.97 bits per heavy atom. The Bertz CT molecular complexity index is 1340. The number of pyridine rings is 1. The van der Waals surface area contributed by atoms with Gasteiger partial charge in [0.2, 0.25) is 5.91 Å². The summed E-state index contributed by atoms with van der Waals surface area (Å²) < 4.78 is 28.9. The predicted octanol–water partition coefficient (Wildman–Crippen LogP) is 3.70. The standard InChI is InChI=1S/C20H17ClF2N8O/c1-20(2)7-12(13-9-24-15-6-14(21)29-30(15)16(13)20)19(32)28-10-5-11(17(22)23)18(25-8-10)31-26-3-4-27-31/h3-6,8-9,12,17H,7H2,1-2H3,(H,28,32)/t12-/m1/s1. The van der Waals surface area contributed by atoms with Crippen molar-refractivity contribution in [2.24, 2.45) is 0 Å². The van der Waals surface area contributed by atoms with Crippen LogP contribution < -0.4 is 5.32 Å². The molecule has 9 nitrogen and oxygen atoms in total. The van der Waals surface area contributed by atoms with Crippen LogP contribution in [-0.4, -0.2) is 40.5 Å². The van der Waals surface area contributed by atoms with Gasteiger partial charge < -0.3 is 5.32 Å². The lowest BCUT2D eigenvalue weighted by Gasteiger charge is -2.19. The molecule has 0 fully saturated rings. The Labute approximate surface area is 185 Å². The summed E-state index contributed by atoms with van der Waals surface area (Å²) in [5.41, 5.74) is 1.55. The Balaban J connectivity index is 1.48. The number of rotatable bonds is 4. The van der Waals surface area contributed by atoms with E-state index in [1.807, 2.05) is 13.8 Å². The number of alkyl halides is 2. The molecule has 4 heterocycles. The molecule has 32 heavy (non-hydrogen) atoms. The van der Waals surface area contributed by atoms with E-state index in [2.05, 4.69) is 30.6 Å². The lowest BCUT2D eigenvalue weighted by atomic mass is 9.88. The first-order valence-electron chi connectivity index (χ1n) is 9.75. The van der Waals surface area contributed by atoms with Gasteiger partial charge in [0.05, 0.1) is 41.5 Å². The van der Waals surface area contributed by atoms with Crippen molar-refractivity contribution < 1.29 is 13.6 Å². The molecule has 0 unspecified atom stereocenters. The van der Waals surface area contributed by atoms with E-state index in [0.29, 0.717) is 17.2 Å². The predicted molar refractivity (Wildman–Crippen MR) is 111 cm³/mol. The minimum absolute atomic E-state index is 0.0995. The molecule has 0 saturated heterocycles. The van der Waals surface area contributed by atoms with Crippen molar-refractivity contribution in [1.29, 1.82) is 0 Å². The average Bonchev–Trinajstić information content (AvgIpc) is 3.45. The second-order valence-corrected chi connectivity index (χ2v) is 8.57. The highest BCUT2D eigenvalue weighted by Crippen LogP contribution is 2.46. The zero-order valence-electron chi connectivity index (χ0n) is 17.0. The second kappa shape index (κ2) is 7.30. The van der Waals surface area contributed by atoms with Crippen molar-refractivity contribution in [1.82, 2.24) is 34.6 Å². The van der Waals surface area contributed by atoms with Gasteiger partial charge in [-0.05, 0) is 12.5 Å². The van der Waals surface area contributed by atoms with E-state index in [-0.39, 0.29) is 28.4 Å². The highest BCUT2D eigenvalue weighted by Gasteiger charge is 2.43. The molecule has 0 aromatic carbocycles. The Morgan fingerprint density at radius 1 is 1.22 bits per heavy atom. The zero-order chi connectivity index (χ0) is 22.6. The monoisotopic (exact) mass is 458 g/mol. The van der Waals surface area contributed by atoms with Crippen LogP contribution in [0.1, 0.15) is 49.4 Å². The van der Waals surface area contributed by atoms with Crippen LogP contribution in [0.4, 0.5) is 14.5 Å². The Kier molecular flexibility index (Phi) is 4.66. The van der Waals surface area contributed by atoms with E-state index < -0.39 is 12.3 Å². The minimum atomic E-state index is -2.83. The maximum absolute atomic E-state index is 13.6. The molecule has 5 rings (SSSR count). The topological polar surface area (TPSA) is 103 Å². The van der Waals surface area contributed by atoms with Gasteiger partial charge in [0.15, 0.2) is 16.6 Å². The summed E-state index contributed by atoms with van der Waals surface area (Å²) in [6.45, 7) is 4.02. The van der Waals surface area contributed by atoms with E-state index in [9.17, 15) is 13.6 Å². The molecule has 1 atom stereocenters. The molecule has 1 aliphatic rings. The minimum Gasteiger partial charge on any atom is -0.324 e. The normalized spacial score (nSPS) is 17.1.